The summed E-state index contributed by atoms with van der Waals surface area (Å²) in [5.74, 6) is 0.272. The van der Waals surface area contributed by atoms with Gasteiger partial charge in [-0.05, 0) is 24.6 Å². The van der Waals surface area contributed by atoms with Crippen LogP contribution in [0, 0.1) is 0 Å². The van der Waals surface area contributed by atoms with Crippen LogP contribution in [0.2, 0.25) is 5.02 Å². The summed E-state index contributed by atoms with van der Waals surface area (Å²) in [6.07, 6.45) is 1.45. The largest absolute Gasteiger partial charge is 0.339 e. The summed E-state index contributed by atoms with van der Waals surface area (Å²) in [4.78, 5) is 34.3. The zero-order chi connectivity index (χ0) is 19.3. The summed E-state index contributed by atoms with van der Waals surface area (Å²) < 4.78 is 0. The average Bonchev–Trinajstić information content (AvgIpc) is 2.59. The second-order valence-electron chi connectivity index (χ2n) is 6.27. The molecule has 138 valence electrons. The average molecular weight is 375 g/mol. The van der Waals surface area contributed by atoms with Gasteiger partial charge in [-0.25, -0.2) is 9.97 Å². The molecule has 0 aliphatic carbocycles. The van der Waals surface area contributed by atoms with E-state index < -0.39 is 5.91 Å². The molecule has 0 radical (unpaired) electrons. The summed E-state index contributed by atoms with van der Waals surface area (Å²) in [6.45, 7) is 8.47. The summed E-state index contributed by atoms with van der Waals surface area (Å²) in [6, 6.07) is 7.36. The molecule has 2 amide bonds. The van der Waals surface area contributed by atoms with Crippen LogP contribution < -0.4 is 5.32 Å². The molecule has 0 bridgehead atoms. The molecule has 1 heterocycles. The Morgan fingerprint density at radius 2 is 2.04 bits per heavy atom. The molecule has 0 saturated carbocycles. The highest BCUT2D eigenvalue weighted by atomic mass is 35.5. The monoisotopic (exact) mass is 374 g/mol. The molecule has 1 N–H and O–H groups in total. The standard InChI is InChI=1S/C19H23ClN4O2/c1-5-24(13(4)25)11-14-7-6-8-15(9-14)22-19(26)17-16(20)10-21-18(23-17)12(2)3/h6-10,12H,5,11H2,1-4H3,(H,22,26). The zero-order valence-electron chi connectivity index (χ0n) is 15.4. The van der Waals surface area contributed by atoms with Crippen molar-refractivity contribution in [3.8, 4) is 0 Å². The van der Waals surface area contributed by atoms with Gasteiger partial charge in [-0.1, -0.05) is 37.6 Å². The van der Waals surface area contributed by atoms with E-state index in [4.69, 9.17) is 11.6 Å². The summed E-state index contributed by atoms with van der Waals surface area (Å²) >= 11 is 6.09. The molecular weight excluding hydrogens is 352 g/mol. The number of carbonyl (C=O) groups excluding carboxylic acids is 2. The minimum Gasteiger partial charge on any atom is -0.339 e. The first-order valence-corrected chi connectivity index (χ1v) is 8.87. The number of amides is 2. The summed E-state index contributed by atoms with van der Waals surface area (Å²) in [5, 5.41) is 3.01. The van der Waals surface area contributed by atoms with Gasteiger partial charge < -0.3 is 10.2 Å². The van der Waals surface area contributed by atoms with Gasteiger partial charge >= 0.3 is 0 Å². The lowest BCUT2D eigenvalue weighted by atomic mass is 10.1. The second-order valence-corrected chi connectivity index (χ2v) is 6.67. The quantitative estimate of drug-likeness (QED) is 0.832. The Labute approximate surface area is 158 Å². The topological polar surface area (TPSA) is 75.2 Å². The Morgan fingerprint density at radius 1 is 1.31 bits per heavy atom. The lowest BCUT2D eigenvalue weighted by Gasteiger charge is -2.19. The predicted octanol–water partition coefficient (Wildman–Crippen LogP) is 3.87. The van der Waals surface area contributed by atoms with Gasteiger partial charge in [0.1, 0.15) is 5.82 Å². The van der Waals surface area contributed by atoms with Gasteiger partial charge in [0.2, 0.25) is 5.91 Å². The van der Waals surface area contributed by atoms with E-state index in [-0.39, 0.29) is 22.5 Å². The molecule has 0 aliphatic rings. The van der Waals surface area contributed by atoms with Crippen LogP contribution in [0.25, 0.3) is 0 Å². The van der Waals surface area contributed by atoms with Crippen molar-refractivity contribution in [2.75, 3.05) is 11.9 Å². The molecular formula is C19H23ClN4O2. The number of nitrogens with one attached hydrogen (secondary N) is 1. The normalized spacial score (nSPS) is 10.7. The van der Waals surface area contributed by atoms with Crippen LogP contribution in [0.3, 0.4) is 0 Å². The maximum Gasteiger partial charge on any atom is 0.275 e. The molecule has 0 spiro atoms. The molecule has 2 aromatic rings. The minimum absolute atomic E-state index is 0.0101. The number of carbonyl (C=O) groups is 2. The Morgan fingerprint density at radius 3 is 2.65 bits per heavy atom. The van der Waals surface area contributed by atoms with Gasteiger partial charge in [-0.15, -0.1) is 0 Å². The fourth-order valence-corrected chi connectivity index (χ4v) is 2.60. The van der Waals surface area contributed by atoms with Crippen molar-refractivity contribution in [2.24, 2.45) is 0 Å². The number of hydrogen-bond donors (Lipinski definition) is 1. The minimum atomic E-state index is -0.393. The number of rotatable bonds is 6. The van der Waals surface area contributed by atoms with E-state index in [0.717, 1.165) is 5.56 Å². The van der Waals surface area contributed by atoms with Gasteiger partial charge in [-0.3, -0.25) is 9.59 Å². The first-order valence-electron chi connectivity index (χ1n) is 8.50. The molecule has 1 aromatic heterocycles. The molecule has 0 aliphatic heterocycles. The number of halogens is 1. The smallest absolute Gasteiger partial charge is 0.275 e. The number of nitrogens with zero attached hydrogens (tertiary/aromatic N) is 3. The predicted molar refractivity (Wildman–Crippen MR) is 102 cm³/mol. The number of hydrogen-bond acceptors (Lipinski definition) is 4. The van der Waals surface area contributed by atoms with Gasteiger partial charge in [-0.2, -0.15) is 0 Å². The maximum absolute atomic E-state index is 12.6. The Kier molecular flexibility index (Phi) is 6.69. The fourth-order valence-electron chi connectivity index (χ4n) is 2.42. The molecule has 0 unspecified atom stereocenters. The third kappa shape index (κ3) is 5.02. The van der Waals surface area contributed by atoms with Crippen LogP contribution in [-0.4, -0.2) is 33.2 Å². The van der Waals surface area contributed by atoms with E-state index in [2.05, 4.69) is 15.3 Å². The van der Waals surface area contributed by atoms with Crippen LogP contribution in [-0.2, 0) is 11.3 Å². The molecule has 1 aromatic carbocycles. The van der Waals surface area contributed by atoms with Gasteiger partial charge in [0.05, 0.1) is 11.2 Å². The highest BCUT2D eigenvalue weighted by Crippen LogP contribution is 2.19. The van der Waals surface area contributed by atoms with Crippen molar-refractivity contribution in [3.63, 3.8) is 0 Å². The van der Waals surface area contributed by atoms with Crippen LogP contribution in [0.5, 0.6) is 0 Å². The SMILES string of the molecule is CCN(Cc1cccc(NC(=O)c2nc(C(C)C)ncc2Cl)c1)C(C)=O. The van der Waals surface area contributed by atoms with Gasteiger partial charge in [0.15, 0.2) is 5.69 Å². The highest BCUT2D eigenvalue weighted by Gasteiger charge is 2.16. The van der Waals surface area contributed by atoms with Crippen molar-refractivity contribution in [3.05, 3.63) is 52.6 Å². The molecule has 0 fully saturated rings. The van der Waals surface area contributed by atoms with Crippen molar-refractivity contribution in [2.45, 2.75) is 40.2 Å². The summed E-state index contributed by atoms with van der Waals surface area (Å²) in [5.41, 5.74) is 1.69. The Balaban J connectivity index is 2.18. The van der Waals surface area contributed by atoms with E-state index >= 15 is 0 Å². The van der Waals surface area contributed by atoms with E-state index in [1.807, 2.05) is 39.0 Å². The van der Waals surface area contributed by atoms with Crippen LogP contribution >= 0.6 is 11.6 Å². The van der Waals surface area contributed by atoms with E-state index in [1.165, 1.54) is 6.20 Å². The van der Waals surface area contributed by atoms with Crippen molar-refractivity contribution >= 4 is 29.1 Å². The van der Waals surface area contributed by atoms with E-state index in [9.17, 15) is 9.59 Å². The highest BCUT2D eigenvalue weighted by molar-refractivity contribution is 6.33. The van der Waals surface area contributed by atoms with Crippen LogP contribution in [0.4, 0.5) is 5.69 Å². The van der Waals surface area contributed by atoms with E-state index in [1.54, 1.807) is 17.9 Å². The first-order chi connectivity index (χ1) is 12.3. The van der Waals surface area contributed by atoms with Crippen LogP contribution in [0.15, 0.2) is 30.5 Å². The fraction of sp³-hybridized carbons (Fsp3) is 0.368. The molecule has 2 rings (SSSR count). The summed E-state index contributed by atoms with van der Waals surface area (Å²) in [7, 11) is 0. The lowest BCUT2D eigenvalue weighted by Crippen LogP contribution is -2.27. The number of aromatic nitrogens is 2. The van der Waals surface area contributed by atoms with Crippen molar-refractivity contribution in [1.82, 2.24) is 14.9 Å². The number of anilines is 1. The third-order valence-corrected chi connectivity index (χ3v) is 4.16. The molecule has 6 nitrogen and oxygen atoms in total. The second kappa shape index (κ2) is 8.76. The lowest BCUT2D eigenvalue weighted by molar-refractivity contribution is -0.129. The van der Waals surface area contributed by atoms with Crippen molar-refractivity contribution in [1.29, 1.82) is 0 Å². The number of benzene rings is 1. The molecule has 0 saturated heterocycles. The maximum atomic E-state index is 12.6. The third-order valence-electron chi connectivity index (χ3n) is 3.88. The van der Waals surface area contributed by atoms with E-state index in [0.29, 0.717) is 24.6 Å². The Bertz CT molecular complexity index is 808. The molecule has 26 heavy (non-hydrogen) atoms. The Hall–Kier alpha value is -2.47. The van der Waals surface area contributed by atoms with Crippen LogP contribution in [0.1, 0.15) is 55.5 Å². The first kappa shape index (κ1) is 19.8. The molecule has 0 atom stereocenters. The van der Waals surface area contributed by atoms with Crippen molar-refractivity contribution < 1.29 is 9.59 Å². The zero-order valence-corrected chi connectivity index (χ0v) is 16.2. The van der Waals surface area contributed by atoms with Gasteiger partial charge in [0.25, 0.3) is 5.91 Å². The molecule has 7 heteroatoms. The van der Waals surface area contributed by atoms with Gasteiger partial charge in [0, 0.05) is 31.6 Å².